The fraction of sp³-hybridized carbons (Fsp3) is 0.316. The average Bonchev–Trinajstić information content (AvgIpc) is 2.58. The smallest absolute Gasteiger partial charge is 0.222 e. The summed E-state index contributed by atoms with van der Waals surface area (Å²) in [5.41, 5.74) is 8.80. The number of amides is 1. The third-order valence-electron chi connectivity index (χ3n) is 4.00. The number of carbonyl (C=O) groups is 1. The maximum atomic E-state index is 12.3. The van der Waals surface area contributed by atoms with Gasteiger partial charge in [0.1, 0.15) is 5.75 Å². The van der Waals surface area contributed by atoms with Gasteiger partial charge in [-0.15, -0.1) is 0 Å². The summed E-state index contributed by atoms with van der Waals surface area (Å²) in [4.78, 5) is 14.0. The lowest BCUT2D eigenvalue weighted by Gasteiger charge is -2.18. The first kappa shape index (κ1) is 16.9. The fourth-order valence-corrected chi connectivity index (χ4v) is 2.52. The lowest BCUT2D eigenvalue weighted by atomic mass is 10.1. The van der Waals surface area contributed by atoms with E-state index in [1.54, 1.807) is 12.0 Å². The summed E-state index contributed by atoms with van der Waals surface area (Å²) in [5, 5.41) is 0. The molecule has 23 heavy (non-hydrogen) atoms. The van der Waals surface area contributed by atoms with Gasteiger partial charge in [0.15, 0.2) is 0 Å². The maximum absolute atomic E-state index is 12.3. The molecule has 0 spiro atoms. The van der Waals surface area contributed by atoms with Gasteiger partial charge in [0, 0.05) is 25.7 Å². The minimum Gasteiger partial charge on any atom is -0.496 e. The number of nitrogens with zero attached hydrogens (tertiary/aromatic N) is 1. The van der Waals surface area contributed by atoms with Crippen LogP contribution < -0.4 is 10.5 Å². The second kappa shape index (κ2) is 8.22. The first-order valence-corrected chi connectivity index (χ1v) is 7.81. The van der Waals surface area contributed by atoms with Gasteiger partial charge in [-0.05, 0) is 36.1 Å². The van der Waals surface area contributed by atoms with Crippen LogP contribution >= 0.6 is 0 Å². The topological polar surface area (TPSA) is 55.6 Å². The van der Waals surface area contributed by atoms with Crippen molar-refractivity contribution in [3.63, 3.8) is 0 Å². The summed E-state index contributed by atoms with van der Waals surface area (Å²) in [6.45, 7) is 0.670. The number of hydrogen-bond donors (Lipinski definition) is 1. The second-order valence-electron chi connectivity index (χ2n) is 5.58. The third kappa shape index (κ3) is 4.74. The monoisotopic (exact) mass is 312 g/mol. The molecule has 1 amide bonds. The van der Waals surface area contributed by atoms with Gasteiger partial charge in [0.05, 0.1) is 7.11 Å². The second-order valence-corrected chi connectivity index (χ2v) is 5.58. The van der Waals surface area contributed by atoms with E-state index in [9.17, 15) is 4.79 Å². The summed E-state index contributed by atoms with van der Waals surface area (Å²) < 4.78 is 5.34. The van der Waals surface area contributed by atoms with Crippen LogP contribution in [0.5, 0.6) is 5.75 Å². The van der Waals surface area contributed by atoms with E-state index in [4.69, 9.17) is 10.5 Å². The summed E-state index contributed by atoms with van der Waals surface area (Å²) in [7, 11) is 3.50. The number of para-hydroxylation sites is 2. The van der Waals surface area contributed by atoms with Crippen molar-refractivity contribution < 1.29 is 9.53 Å². The van der Waals surface area contributed by atoms with E-state index in [2.05, 4.69) is 0 Å². The van der Waals surface area contributed by atoms with Crippen LogP contribution in [0.25, 0.3) is 0 Å². The third-order valence-corrected chi connectivity index (χ3v) is 4.00. The van der Waals surface area contributed by atoms with Crippen LogP contribution in [0.15, 0.2) is 48.5 Å². The van der Waals surface area contributed by atoms with Gasteiger partial charge in [-0.2, -0.15) is 0 Å². The number of benzene rings is 2. The molecular formula is C19H24N2O2. The minimum atomic E-state index is 0.128. The van der Waals surface area contributed by atoms with Crippen LogP contribution in [0, 0.1) is 0 Å². The van der Waals surface area contributed by atoms with Crippen molar-refractivity contribution in [2.24, 2.45) is 0 Å². The molecule has 2 N–H and O–H groups in total. The molecule has 2 rings (SSSR count). The zero-order chi connectivity index (χ0) is 16.7. The van der Waals surface area contributed by atoms with Gasteiger partial charge in [0.25, 0.3) is 0 Å². The number of rotatable bonds is 7. The van der Waals surface area contributed by atoms with E-state index in [0.29, 0.717) is 19.4 Å². The number of aryl methyl sites for hydroxylation is 1. The Morgan fingerprint density at radius 2 is 1.70 bits per heavy atom. The van der Waals surface area contributed by atoms with Gasteiger partial charge in [0.2, 0.25) is 5.91 Å². The molecule has 0 saturated carbocycles. The van der Waals surface area contributed by atoms with Crippen molar-refractivity contribution in [3.05, 3.63) is 59.7 Å². The number of ether oxygens (including phenoxy) is 1. The highest BCUT2D eigenvalue weighted by Gasteiger charge is 2.11. The summed E-state index contributed by atoms with van der Waals surface area (Å²) in [5.74, 6) is 0.994. The van der Waals surface area contributed by atoms with Gasteiger partial charge in [-0.1, -0.05) is 36.4 Å². The van der Waals surface area contributed by atoms with Crippen molar-refractivity contribution in [2.45, 2.75) is 19.3 Å². The molecule has 2 aromatic carbocycles. The molecule has 4 nitrogen and oxygen atoms in total. The molecule has 0 aliphatic carbocycles. The first-order valence-electron chi connectivity index (χ1n) is 7.81. The minimum absolute atomic E-state index is 0.128. The quantitative estimate of drug-likeness (QED) is 0.800. The Morgan fingerprint density at radius 3 is 2.39 bits per heavy atom. The van der Waals surface area contributed by atoms with Gasteiger partial charge >= 0.3 is 0 Å². The molecule has 4 heteroatoms. The SMILES string of the molecule is COc1ccccc1CCN(C)C(=O)CCc1ccccc1N. The predicted molar refractivity (Wildman–Crippen MR) is 93.5 cm³/mol. The Kier molecular flexibility index (Phi) is 6.03. The molecule has 0 fully saturated rings. The lowest BCUT2D eigenvalue weighted by Crippen LogP contribution is -2.29. The fourth-order valence-electron chi connectivity index (χ4n) is 2.52. The Balaban J connectivity index is 1.84. The molecule has 0 radical (unpaired) electrons. The molecule has 0 saturated heterocycles. The Bertz CT molecular complexity index is 655. The molecular weight excluding hydrogens is 288 g/mol. The number of nitrogens with two attached hydrogens (primary N) is 1. The zero-order valence-electron chi connectivity index (χ0n) is 13.8. The van der Waals surface area contributed by atoms with Crippen molar-refractivity contribution >= 4 is 11.6 Å². The number of hydrogen-bond acceptors (Lipinski definition) is 3. The van der Waals surface area contributed by atoms with Crippen molar-refractivity contribution in [3.8, 4) is 5.75 Å². The van der Waals surface area contributed by atoms with Crippen molar-refractivity contribution in [1.29, 1.82) is 0 Å². The van der Waals surface area contributed by atoms with E-state index in [-0.39, 0.29) is 5.91 Å². The van der Waals surface area contributed by atoms with Crippen LogP contribution in [-0.4, -0.2) is 31.5 Å². The Hall–Kier alpha value is -2.49. The van der Waals surface area contributed by atoms with Crippen LogP contribution in [0.3, 0.4) is 0 Å². The summed E-state index contributed by atoms with van der Waals surface area (Å²) in [6, 6.07) is 15.6. The summed E-state index contributed by atoms with van der Waals surface area (Å²) in [6.07, 6.45) is 1.92. The van der Waals surface area contributed by atoms with Crippen LogP contribution in [0.2, 0.25) is 0 Å². The molecule has 0 atom stereocenters. The molecule has 0 aliphatic heterocycles. The number of nitrogen functional groups attached to an aromatic ring is 1. The molecule has 2 aromatic rings. The van der Waals surface area contributed by atoms with Gasteiger partial charge in [-0.25, -0.2) is 0 Å². The number of methoxy groups -OCH3 is 1. The zero-order valence-corrected chi connectivity index (χ0v) is 13.8. The maximum Gasteiger partial charge on any atom is 0.222 e. The first-order chi connectivity index (χ1) is 11.1. The van der Waals surface area contributed by atoms with E-state index in [0.717, 1.165) is 29.0 Å². The van der Waals surface area contributed by atoms with Gasteiger partial charge < -0.3 is 15.4 Å². The van der Waals surface area contributed by atoms with Crippen LogP contribution in [-0.2, 0) is 17.6 Å². The van der Waals surface area contributed by atoms with E-state index in [1.165, 1.54) is 0 Å². The average molecular weight is 312 g/mol. The predicted octanol–water partition coefficient (Wildman–Crippen LogP) is 2.91. The Labute approximate surface area is 137 Å². The lowest BCUT2D eigenvalue weighted by molar-refractivity contribution is -0.129. The summed E-state index contributed by atoms with van der Waals surface area (Å²) >= 11 is 0. The van der Waals surface area contributed by atoms with E-state index >= 15 is 0 Å². The highest BCUT2D eigenvalue weighted by Crippen LogP contribution is 2.18. The van der Waals surface area contributed by atoms with E-state index in [1.807, 2.05) is 55.6 Å². The molecule has 0 aliphatic rings. The largest absolute Gasteiger partial charge is 0.496 e. The highest BCUT2D eigenvalue weighted by atomic mass is 16.5. The normalized spacial score (nSPS) is 10.3. The number of likely N-dealkylation sites (N-methyl/N-ethyl adjacent to an activating group) is 1. The molecule has 0 heterocycles. The highest BCUT2D eigenvalue weighted by molar-refractivity contribution is 5.76. The molecule has 0 bridgehead atoms. The molecule has 122 valence electrons. The Morgan fingerprint density at radius 1 is 1.04 bits per heavy atom. The number of anilines is 1. The van der Waals surface area contributed by atoms with Gasteiger partial charge in [-0.3, -0.25) is 4.79 Å². The van der Waals surface area contributed by atoms with Crippen LogP contribution in [0.4, 0.5) is 5.69 Å². The number of carbonyl (C=O) groups excluding carboxylic acids is 1. The molecule has 0 aromatic heterocycles. The van der Waals surface area contributed by atoms with Crippen LogP contribution in [0.1, 0.15) is 17.5 Å². The van der Waals surface area contributed by atoms with E-state index < -0.39 is 0 Å². The van der Waals surface area contributed by atoms with Crippen molar-refractivity contribution in [1.82, 2.24) is 4.90 Å². The van der Waals surface area contributed by atoms with Crippen molar-refractivity contribution in [2.75, 3.05) is 26.4 Å². The standard InChI is InChI=1S/C19H24N2O2/c1-21(14-13-16-8-4-6-10-18(16)23-2)19(22)12-11-15-7-3-5-9-17(15)20/h3-10H,11-14,20H2,1-2H3. The molecule has 0 unspecified atom stereocenters.